The largest absolute Gasteiger partial charge is 0.497 e. The topological polar surface area (TPSA) is 84.9 Å². The first-order chi connectivity index (χ1) is 14.8. The van der Waals surface area contributed by atoms with Crippen LogP contribution in [-0.2, 0) is 16.4 Å². The Morgan fingerprint density at radius 1 is 1.03 bits per heavy atom. The van der Waals surface area contributed by atoms with E-state index in [-0.39, 0.29) is 9.77 Å². The average molecular weight is 461 g/mol. The maximum absolute atomic E-state index is 13.2. The highest BCUT2D eigenvalue weighted by Gasteiger charge is 2.28. The molecule has 0 atom stereocenters. The van der Waals surface area contributed by atoms with Gasteiger partial charge in [0.1, 0.15) is 21.3 Å². The van der Waals surface area contributed by atoms with Crippen LogP contribution in [0.2, 0.25) is 0 Å². The van der Waals surface area contributed by atoms with Gasteiger partial charge in [-0.3, -0.25) is 9.10 Å². The number of anilines is 2. The van der Waals surface area contributed by atoms with E-state index in [0.717, 1.165) is 23.3 Å². The van der Waals surface area contributed by atoms with Crippen molar-refractivity contribution in [2.75, 3.05) is 30.9 Å². The zero-order chi connectivity index (χ0) is 22.6. The molecule has 1 amide bonds. The number of thiophene rings is 1. The Hall–Kier alpha value is -3.04. The van der Waals surface area contributed by atoms with Gasteiger partial charge in [0.2, 0.25) is 0 Å². The molecular formula is C22H24N2O5S2. The maximum Gasteiger partial charge on any atom is 0.267 e. The molecule has 1 heterocycles. The monoisotopic (exact) mass is 460 g/mol. The van der Waals surface area contributed by atoms with Gasteiger partial charge in [-0.25, -0.2) is 8.42 Å². The first kappa shape index (κ1) is 22.6. The molecule has 3 aromatic rings. The molecule has 31 heavy (non-hydrogen) atoms. The number of carbonyl (C=O) groups is 1. The summed E-state index contributed by atoms with van der Waals surface area (Å²) in [6.07, 6.45) is 0.862. The third kappa shape index (κ3) is 4.83. The lowest BCUT2D eigenvalue weighted by molar-refractivity contribution is 0.102. The molecule has 9 heteroatoms. The number of nitrogens with zero attached hydrogens (tertiary/aromatic N) is 1. The minimum absolute atomic E-state index is 0.0491. The molecule has 164 valence electrons. The van der Waals surface area contributed by atoms with Crippen LogP contribution in [0.1, 0.15) is 22.2 Å². The van der Waals surface area contributed by atoms with Crippen LogP contribution in [0, 0.1) is 0 Å². The fraction of sp³-hybridized carbons (Fsp3) is 0.227. The van der Waals surface area contributed by atoms with Gasteiger partial charge in [0.15, 0.2) is 0 Å². The first-order valence-electron chi connectivity index (χ1n) is 9.50. The number of aryl methyl sites for hydroxylation is 1. The van der Waals surface area contributed by atoms with E-state index in [1.807, 2.05) is 19.1 Å². The first-order valence-corrected chi connectivity index (χ1v) is 11.8. The van der Waals surface area contributed by atoms with Crippen molar-refractivity contribution in [3.05, 3.63) is 64.4 Å². The summed E-state index contributed by atoms with van der Waals surface area (Å²) >= 11 is 1.06. The second-order valence-corrected chi connectivity index (χ2v) is 9.52. The van der Waals surface area contributed by atoms with E-state index in [2.05, 4.69) is 5.32 Å². The molecule has 0 saturated carbocycles. The minimum atomic E-state index is -3.93. The summed E-state index contributed by atoms with van der Waals surface area (Å²) in [5.74, 6) is 0.478. The molecule has 0 saturated heterocycles. The molecule has 0 radical (unpaired) electrons. The van der Waals surface area contributed by atoms with Crippen LogP contribution in [0.3, 0.4) is 0 Å². The van der Waals surface area contributed by atoms with Gasteiger partial charge in [0, 0.05) is 30.9 Å². The van der Waals surface area contributed by atoms with Crippen LogP contribution >= 0.6 is 11.3 Å². The van der Waals surface area contributed by atoms with E-state index in [1.54, 1.807) is 35.7 Å². The number of nitrogens with one attached hydrogen (secondary N) is 1. The van der Waals surface area contributed by atoms with E-state index in [9.17, 15) is 13.2 Å². The van der Waals surface area contributed by atoms with E-state index in [0.29, 0.717) is 22.9 Å². The van der Waals surface area contributed by atoms with Crippen LogP contribution in [0.5, 0.6) is 11.5 Å². The van der Waals surface area contributed by atoms with E-state index in [1.165, 1.54) is 31.6 Å². The SMILES string of the molecule is CCc1ccc(N(C)S(=O)(=O)c2ccsc2C(=O)Nc2cc(OC)cc(OC)c2)cc1. The predicted molar refractivity (Wildman–Crippen MR) is 123 cm³/mol. The molecule has 0 unspecified atom stereocenters. The third-order valence-electron chi connectivity index (χ3n) is 4.79. The molecule has 7 nitrogen and oxygen atoms in total. The van der Waals surface area contributed by atoms with Gasteiger partial charge in [-0.05, 0) is 35.6 Å². The van der Waals surface area contributed by atoms with Crippen LogP contribution in [0.25, 0.3) is 0 Å². The highest BCUT2D eigenvalue weighted by Crippen LogP contribution is 2.30. The van der Waals surface area contributed by atoms with Gasteiger partial charge in [-0.2, -0.15) is 0 Å². The molecule has 1 aromatic heterocycles. The quantitative estimate of drug-likeness (QED) is 0.538. The molecule has 3 rings (SSSR count). The Bertz CT molecular complexity index is 1150. The van der Waals surface area contributed by atoms with Gasteiger partial charge < -0.3 is 14.8 Å². The summed E-state index contributed by atoms with van der Waals surface area (Å²) in [6, 6.07) is 13.7. The van der Waals surface area contributed by atoms with Crippen molar-refractivity contribution in [3.63, 3.8) is 0 Å². The van der Waals surface area contributed by atoms with E-state index in [4.69, 9.17) is 9.47 Å². The van der Waals surface area contributed by atoms with Gasteiger partial charge in [-0.1, -0.05) is 19.1 Å². The minimum Gasteiger partial charge on any atom is -0.497 e. The highest BCUT2D eigenvalue weighted by molar-refractivity contribution is 7.93. The van der Waals surface area contributed by atoms with Crippen molar-refractivity contribution in [2.24, 2.45) is 0 Å². The molecule has 0 aliphatic heterocycles. The molecule has 0 bridgehead atoms. The fourth-order valence-electron chi connectivity index (χ4n) is 2.96. The lowest BCUT2D eigenvalue weighted by Gasteiger charge is -2.20. The van der Waals surface area contributed by atoms with Crippen molar-refractivity contribution in [2.45, 2.75) is 18.2 Å². The summed E-state index contributed by atoms with van der Waals surface area (Å²) < 4.78 is 38.1. The van der Waals surface area contributed by atoms with Gasteiger partial charge >= 0.3 is 0 Å². The van der Waals surface area contributed by atoms with E-state index >= 15 is 0 Å². The number of rotatable bonds is 8. The van der Waals surface area contributed by atoms with Gasteiger partial charge in [0.05, 0.1) is 19.9 Å². The van der Waals surface area contributed by atoms with Crippen molar-refractivity contribution in [1.29, 1.82) is 0 Å². The molecule has 1 N–H and O–H groups in total. The standard InChI is InChI=1S/C22H24N2O5S2/c1-5-15-6-8-17(9-7-15)24(2)31(26,27)20-10-11-30-21(20)22(25)23-16-12-18(28-3)14-19(13-16)29-4/h6-14H,5H2,1-4H3,(H,23,25). The number of benzene rings is 2. The Morgan fingerprint density at radius 2 is 1.65 bits per heavy atom. The van der Waals surface area contributed by atoms with Crippen LogP contribution in [-0.4, -0.2) is 35.6 Å². The number of carbonyl (C=O) groups excluding carboxylic acids is 1. The third-order valence-corrected chi connectivity index (χ3v) is 7.66. The summed E-state index contributed by atoms with van der Waals surface area (Å²) in [6.45, 7) is 2.03. The number of hydrogen-bond donors (Lipinski definition) is 1. The molecule has 2 aromatic carbocycles. The Labute approximate surface area is 186 Å². The molecule has 0 fully saturated rings. The zero-order valence-corrected chi connectivity index (χ0v) is 19.3. The van der Waals surface area contributed by atoms with Crippen molar-refractivity contribution < 1.29 is 22.7 Å². The Balaban J connectivity index is 1.89. The maximum atomic E-state index is 13.2. The van der Waals surface area contributed by atoms with E-state index < -0.39 is 15.9 Å². The second-order valence-electron chi connectivity index (χ2n) is 6.66. The summed E-state index contributed by atoms with van der Waals surface area (Å²) in [5.41, 5.74) is 2.06. The number of ether oxygens (including phenoxy) is 2. The number of hydrogen-bond acceptors (Lipinski definition) is 6. The molecule has 0 aliphatic rings. The smallest absolute Gasteiger partial charge is 0.267 e. The highest BCUT2D eigenvalue weighted by atomic mass is 32.2. The van der Waals surface area contributed by atoms with Crippen LogP contribution in [0.4, 0.5) is 11.4 Å². The Kier molecular flexibility index (Phi) is 6.87. The second kappa shape index (κ2) is 9.40. The summed E-state index contributed by atoms with van der Waals surface area (Å²) in [4.78, 5) is 13.0. The summed E-state index contributed by atoms with van der Waals surface area (Å²) in [7, 11) is 0.561. The van der Waals surface area contributed by atoms with Crippen molar-refractivity contribution >= 4 is 38.6 Å². The molecule has 0 aliphatic carbocycles. The van der Waals surface area contributed by atoms with Crippen LogP contribution < -0.4 is 19.1 Å². The van der Waals surface area contributed by atoms with Gasteiger partial charge in [-0.15, -0.1) is 11.3 Å². The lowest BCUT2D eigenvalue weighted by Crippen LogP contribution is -2.28. The fourth-order valence-corrected chi connectivity index (χ4v) is 5.45. The normalized spacial score (nSPS) is 11.1. The predicted octanol–water partition coefficient (Wildman–Crippen LogP) is 4.41. The van der Waals surface area contributed by atoms with Gasteiger partial charge in [0.25, 0.3) is 15.9 Å². The Morgan fingerprint density at radius 3 is 2.19 bits per heavy atom. The number of methoxy groups -OCH3 is 2. The number of amides is 1. The molecule has 0 spiro atoms. The number of sulfonamides is 1. The van der Waals surface area contributed by atoms with Crippen molar-refractivity contribution in [1.82, 2.24) is 0 Å². The summed E-state index contributed by atoms with van der Waals surface area (Å²) in [5, 5.41) is 4.31. The lowest BCUT2D eigenvalue weighted by atomic mass is 10.1. The van der Waals surface area contributed by atoms with Crippen molar-refractivity contribution in [3.8, 4) is 11.5 Å². The zero-order valence-electron chi connectivity index (χ0n) is 17.7. The molecular weight excluding hydrogens is 436 g/mol. The van der Waals surface area contributed by atoms with Crippen LogP contribution in [0.15, 0.2) is 58.8 Å². The average Bonchev–Trinajstić information content (AvgIpc) is 3.29.